The van der Waals surface area contributed by atoms with E-state index in [1.807, 2.05) is 48.7 Å². The molecule has 0 aliphatic rings. The number of nitrogens with zero attached hydrogens (tertiary/aromatic N) is 2. The van der Waals surface area contributed by atoms with Crippen LogP contribution in [0.25, 0.3) is 16.6 Å². The van der Waals surface area contributed by atoms with Crippen molar-refractivity contribution in [3.63, 3.8) is 0 Å². The molecule has 0 bridgehead atoms. The molecule has 0 saturated carbocycles. The molecular formula is C17H13N3O. The lowest BCUT2D eigenvalue weighted by Crippen LogP contribution is -2.15. The fourth-order valence-electron chi connectivity index (χ4n) is 2.63. The number of benzene rings is 2. The molecule has 4 rings (SSSR count). The van der Waals surface area contributed by atoms with Crippen LogP contribution in [-0.2, 0) is 6.42 Å². The zero-order valence-electron chi connectivity index (χ0n) is 11.3. The quantitative estimate of drug-likeness (QED) is 0.611. The molecule has 4 nitrogen and oxygen atoms in total. The summed E-state index contributed by atoms with van der Waals surface area (Å²) >= 11 is 0. The van der Waals surface area contributed by atoms with Crippen LogP contribution in [0.15, 0.2) is 65.6 Å². The molecule has 0 saturated heterocycles. The average molecular weight is 275 g/mol. The summed E-state index contributed by atoms with van der Waals surface area (Å²) in [6.07, 6.45) is 2.53. The van der Waals surface area contributed by atoms with E-state index in [9.17, 15) is 4.79 Å². The van der Waals surface area contributed by atoms with E-state index in [4.69, 9.17) is 0 Å². The molecule has 0 radical (unpaired) electrons. The molecule has 0 unspecified atom stereocenters. The van der Waals surface area contributed by atoms with Gasteiger partial charge in [0.25, 0.3) is 0 Å². The van der Waals surface area contributed by atoms with Gasteiger partial charge in [-0.3, -0.25) is 4.40 Å². The van der Waals surface area contributed by atoms with E-state index in [1.165, 1.54) is 5.56 Å². The molecule has 0 amide bonds. The lowest BCUT2D eigenvalue weighted by atomic mass is 10.1. The number of para-hydroxylation sites is 1. The van der Waals surface area contributed by atoms with Gasteiger partial charge in [0.15, 0.2) is 5.65 Å². The van der Waals surface area contributed by atoms with Gasteiger partial charge >= 0.3 is 5.69 Å². The molecule has 0 atom stereocenters. The molecule has 2 aromatic heterocycles. The summed E-state index contributed by atoms with van der Waals surface area (Å²) in [5.41, 5.74) is 3.44. The zero-order chi connectivity index (χ0) is 14.2. The fraction of sp³-hybridized carbons (Fsp3) is 0.0588. The molecule has 4 heteroatoms. The number of aromatic amines is 1. The normalized spacial score (nSPS) is 11.2. The largest absolute Gasteiger partial charge is 0.331 e. The highest BCUT2D eigenvalue weighted by atomic mass is 16.1. The van der Waals surface area contributed by atoms with Gasteiger partial charge < -0.3 is 4.98 Å². The van der Waals surface area contributed by atoms with Crippen LogP contribution in [0.4, 0.5) is 0 Å². The summed E-state index contributed by atoms with van der Waals surface area (Å²) in [6.45, 7) is 0. The predicted octanol–water partition coefficient (Wildman–Crippen LogP) is 2.77. The Morgan fingerprint density at radius 1 is 1.00 bits per heavy atom. The number of H-pyrrole nitrogens is 1. The van der Waals surface area contributed by atoms with Crippen molar-refractivity contribution in [3.8, 4) is 0 Å². The van der Waals surface area contributed by atoms with Gasteiger partial charge in [-0.25, -0.2) is 9.78 Å². The molecule has 2 aromatic carbocycles. The average Bonchev–Trinajstić information content (AvgIpc) is 2.93. The Morgan fingerprint density at radius 2 is 1.76 bits per heavy atom. The molecular weight excluding hydrogens is 262 g/mol. The minimum Gasteiger partial charge on any atom is -0.306 e. The SMILES string of the molecule is O=c1[nH]c2ccccc2c2nc(Cc3ccccc3)cn12. The molecule has 102 valence electrons. The van der Waals surface area contributed by atoms with E-state index < -0.39 is 0 Å². The smallest absolute Gasteiger partial charge is 0.306 e. The maximum Gasteiger partial charge on any atom is 0.331 e. The van der Waals surface area contributed by atoms with E-state index in [0.29, 0.717) is 5.65 Å². The third kappa shape index (κ3) is 2.01. The van der Waals surface area contributed by atoms with Crippen LogP contribution < -0.4 is 5.69 Å². The summed E-state index contributed by atoms with van der Waals surface area (Å²) in [7, 11) is 0. The minimum absolute atomic E-state index is 0.157. The first-order valence-corrected chi connectivity index (χ1v) is 6.84. The van der Waals surface area contributed by atoms with Crippen molar-refractivity contribution in [2.75, 3.05) is 0 Å². The number of aromatic nitrogens is 3. The predicted molar refractivity (Wildman–Crippen MR) is 82.6 cm³/mol. The van der Waals surface area contributed by atoms with E-state index in [-0.39, 0.29) is 5.69 Å². The van der Waals surface area contributed by atoms with E-state index in [0.717, 1.165) is 23.0 Å². The van der Waals surface area contributed by atoms with Crippen molar-refractivity contribution in [1.82, 2.24) is 14.4 Å². The van der Waals surface area contributed by atoms with Gasteiger partial charge in [-0.15, -0.1) is 0 Å². The lowest BCUT2D eigenvalue weighted by molar-refractivity contribution is 1.03. The second-order valence-electron chi connectivity index (χ2n) is 5.06. The summed E-state index contributed by atoms with van der Waals surface area (Å²) < 4.78 is 1.58. The first kappa shape index (κ1) is 11.9. The number of nitrogens with one attached hydrogen (secondary N) is 1. The molecule has 4 aromatic rings. The van der Waals surface area contributed by atoms with Crippen molar-refractivity contribution in [1.29, 1.82) is 0 Å². The fourth-order valence-corrected chi connectivity index (χ4v) is 2.63. The van der Waals surface area contributed by atoms with E-state index in [2.05, 4.69) is 22.1 Å². The molecule has 0 spiro atoms. The highest BCUT2D eigenvalue weighted by molar-refractivity contribution is 5.90. The van der Waals surface area contributed by atoms with Crippen LogP contribution in [0, 0.1) is 0 Å². The van der Waals surface area contributed by atoms with Crippen LogP contribution in [0.2, 0.25) is 0 Å². The van der Waals surface area contributed by atoms with Gasteiger partial charge in [-0.1, -0.05) is 42.5 Å². The lowest BCUT2D eigenvalue weighted by Gasteiger charge is -1.98. The Balaban J connectivity index is 1.91. The second-order valence-corrected chi connectivity index (χ2v) is 5.06. The third-order valence-corrected chi connectivity index (χ3v) is 3.61. The standard InChI is InChI=1S/C17H13N3O/c21-17-19-15-9-5-4-8-14(15)16-18-13(11-20(16)17)10-12-6-2-1-3-7-12/h1-9,11H,10H2,(H,19,21). The Kier molecular flexibility index (Phi) is 2.60. The number of imidazole rings is 1. The van der Waals surface area contributed by atoms with Crippen LogP contribution in [0.5, 0.6) is 0 Å². The number of hydrogen-bond acceptors (Lipinski definition) is 2. The number of fused-ring (bicyclic) bond motifs is 3. The van der Waals surface area contributed by atoms with Crippen LogP contribution in [-0.4, -0.2) is 14.4 Å². The highest BCUT2D eigenvalue weighted by Gasteiger charge is 2.09. The van der Waals surface area contributed by atoms with Gasteiger partial charge in [-0.2, -0.15) is 0 Å². The molecule has 1 N–H and O–H groups in total. The van der Waals surface area contributed by atoms with E-state index >= 15 is 0 Å². The number of hydrogen-bond donors (Lipinski definition) is 1. The van der Waals surface area contributed by atoms with Crippen molar-refractivity contribution < 1.29 is 0 Å². The summed E-state index contributed by atoms with van der Waals surface area (Å²) in [5, 5.41) is 0.955. The maximum atomic E-state index is 12.1. The van der Waals surface area contributed by atoms with Crippen LogP contribution in [0.3, 0.4) is 0 Å². The van der Waals surface area contributed by atoms with Gasteiger partial charge in [0.1, 0.15) is 0 Å². The third-order valence-electron chi connectivity index (χ3n) is 3.61. The number of rotatable bonds is 2. The van der Waals surface area contributed by atoms with Gasteiger partial charge in [-0.05, 0) is 17.7 Å². The Morgan fingerprint density at radius 3 is 2.62 bits per heavy atom. The van der Waals surface area contributed by atoms with Crippen molar-refractivity contribution >= 4 is 16.6 Å². The monoisotopic (exact) mass is 275 g/mol. The van der Waals surface area contributed by atoms with Crippen molar-refractivity contribution in [2.45, 2.75) is 6.42 Å². The Hall–Kier alpha value is -2.88. The van der Waals surface area contributed by atoms with E-state index in [1.54, 1.807) is 4.40 Å². The van der Waals surface area contributed by atoms with Gasteiger partial charge in [0.05, 0.1) is 11.2 Å². The van der Waals surface area contributed by atoms with Crippen LogP contribution >= 0.6 is 0 Å². The zero-order valence-corrected chi connectivity index (χ0v) is 11.3. The van der Waals surface area contributed by atoms with Crippen LogP contribution in [0.1, 0.15) is 11.3 Å². The summed E-state index contributed by atoms with van der Waals surface area (Å²) in [6, 6.07) is 17.8. The maximum absolute atomic E-state index is 12.1. The Labute approximate surface area is 120 Å². The minimum atomic E-state index is -0.157. The van der Waals surface area contributed by atoms with Crippen molar-refractivity contribution in [3.05, 3.63) is 82.5 Å². The molecule has 0 aliphatic heterocycles. The Bertz CT molecular complexity index is 983. The summed E-state index contributed by atoms with van der Waals surface area (Å²) in [5.74, 6) is 0. The molecule has 21 heavy (non-hydrogen) atoms. The van der Waals surface area contributed by atoms with Gasteiger partial charge in [0, 0.05) is 18.0 Å². The van der Waals surface area contributed by atoms with Gasteiger partial charge in [0.2, 0.25) is 0 Å². The first-order valence-electron chi connectivity index (χ1n) is 6.84. The topological polar surface area (TPSA) is 50.2 Å². The molecule has 0 fully saturated rings. The first-order chi connectivity index (χ1) is 10.3. The van der Waals surface area contributed by atoms with Crippen molar-refractivity contribution in [2.24, 2.45) is 0 Å². The molecule has 0 aliphatic carbocycles. The highest BCUT2D eigenvalue weighted by Crippen LogP contribution is 2.17. The molecule has 2 heterocycles. The second kappa shape index (κ2) is 4.59. The summed E-state index contributed by atoms with van der Waals surface area (Å²) in [4.78, 5) is 19.6.